The van der Waals surface area contributed by atoms with Gasteiger partial charge in [-0.3, -0.25) is 0 Å². The predicted molar refractivity (Wildman–Crippen MR) is 66.5 cm³/mol. The van der Waals surface area contributed by atoms with Crippen LogP contribution in [0.2, 0.25) is 0 Å². The van der Waals surface area contributed by atoms with E-state index in [4.69, 9.17) is 5.11 Å². The lowest BCUT2D eigenvalue weighted by Gasteiger charge is -2.14. The molecule has 0 amide bonds. The lowest BCUT2D eigenvalue weighted by molar-refractivity contribution is 0.259. The molecule has 1 aromatic rings. The summed E-state index contributed by atoms with van der Waals surface area (Å²) < 4.78 is 26.1. The fraction of sp³-hybridized carbons (Fsp3) is 0.727. The second-order valence-corrected chi connectivity index (χ2v) is 6.48. The van der Waals surface area contributed by atoms with Crippen LogP contribution in [0.3, 0.4) is 0 Å². The second-order valence-electron chi connectivity index (χ2n) is 4.58. The molecule has 0 spiro atoms. The van der Waals surface area contributed by atoms with Gasteiger partial charge in [0.1, 0.15) is 5.82 Å². The molecule has 1 aliphatic heterocycles. The number of hydrogen-bond donors (Lipinski definition) is 2. The molecular weight excluding hydrogens is 254 g/mol. The first-order chi connectivity index (χ1) is 8.57. The van der Waals surface area contributed by atoms with Gasteiger partial charge in [0.2, 0.25) is 0 Å². The largest absolute Gasteiger partial charge is 0.396 e. The van der Waals surface area contributed by atoms with Gasteiger partial charge >= 0.3 is 0 Å². The Morgan fingerprint density at radius 3 is 3.00 bits per heavy atom. The molecule has 6 nitrogen and oxygen atoms in total. The molecule has 0 bridgehead atoms. The number of rotatable bonds is 5. The van der Waals surface area contributed by atoms with E-state index in [9.17, 15) is 8.42 Å². The maximum absolute atomic E-state index is 12.3. The first-order valence-electron chi connectivity index (χ1n) is 6.22. The lowest BCUT2D eigenvalue weighted by atomic mass is 10.1. The topological polar surface area (TPSA) is 86.3 Å². The van der Waals surface area contributed by atoms with Crippen molar-refractivity contribution in [3.63, 3.8) is 0 Å². The monoisotopic (exact) mass is 273 g/mol. The van der Waals surface area contributed by atoms with E-state index in [1.165, 1.54) is 10.5 Å². The highest BCUT2D eigenvalue weighted by Crippen LogP contribution is 2.25. The second kappa shape index (κ2) is 5.38. The van der Waals surface area contributed by atoms with Crippen molar-refractivity contribution in [2.45, 2.75) is 31.2 Å². The van der Waals surface area contributed by atoms with E-state index in [1.54, 1.807) is 0 Å². The number of nitrogens with zero attached hydrogens (tertiary/aromatic N) is 2. The van der Waals surface area contributed by atoms with Crippen molar-refractivity contribution in [3.05, 3.63) is 12.0 Å². The molecule has 0 radical (unpaired) electrons. The average Bonchev–Trinajstić information content (AvgIpc) is 2.98. The van der Waals surface area contributed by atoms with Gasteiger partial charge in [-0.2, -0.15) is 4.31 Å². The minimum atomic E-state index is -3.45. The highest BCUT2D eigenvalue weighted by molar-refractivity contribution is 7.89. The van der Waals surface area contributed by atoms with E-state index in [2.05, 4.69) is 9.97 Å². The van der Waals surface area contributed by atoms with Crippen LogP contribution in [-0.2, 0) is 16.4 Å². The number of nitrogens with one attached hydrogen (secondary N) is 1. The van der Waals surface area contributed by atoms with Crippen LogP contribution in [0.1, 0.15) is 25.6 Å². The molecular formula is C11H19N3O3S. The van der Waals surface area contributed by atoms with Gasteiger partial charge in [0, 0.05) is 26.1 Å². The molecule has 1 aromatic heterocycles. The van der Waals surface area contributed by atoms with Crippen LogP contribution in [0.4, 0.5) is 0 Å². The maximum Gasteiger partial charge on any atom is 0.260 e. The van der Waals surface area contributed by atoms with Crippen LogP contribution < -0.4 is 0 Å². The van der Waals surface area contributed by atoms with Gasteiger partial charge in [-0.1, -0.05) is 6.92 Å². The molecule has 0 aliphatic carbocycles. The van der Waals surface area contributed by atoms with Crippen LogP contribution >= 0.6 is 0 Å². The Labute approximate surface area is 107 Å². The zero-order valence-electron chi connectivity index (χ0n) is 10.5. The standard InChI is InChI=1S/C11H19N3O3S/c1-2-10-12-7-11(13-10)18(16,17)14-5-3-9(8-14)4-6-15/h7,9,15H,2-6,8H2,1H3,(H,12,13). The number of aliphatic hydroxyl groups is 1. The highest BCUT2D eigenvalue weighted by atomic mass is 32.2. The number of sulfonamides is 1. The van der Waals surface area contributed by atoms with Gasteiger partial charge in [-0.15, -0.1) is 0 Å². The van der Waals surface area contributed by atoms with Gasteiger partial charge < -0.3 is 10.1 Å². The zero-order valence-corrected chi connectivity index (χ0v) is 11.3. The Bertz CT molecular complexity index is 497. The van der Waals surface area contributed by atoms with Crippen molar-refractivity contribution in [3.8, 4) is 0 Å². The molecule has 2 rings (SSSR count). The first-order valence-corrected chi connectivity index (χ1v) is 7.66. The number of aliphatic hydroxyl groups excluding tert-OH is 1. The third-order valence-electron chi connectivity index (χ3n) is 3.34. The van der Waals surface area contributed by atoms with Gasteiger partial charge in [-0.05, 0) is 18.8 Å². The molecule has 7 heteroatoms. The minimum absolute atomic E-state index is 0.114. The Morgan fingerprint density at radius 1 is 1.61 bits per heavy atom. The fourth-order valence-corrected chi connectivity index (χ4v) is 3.69. The van der Waals surface area contributed by atoms with Crippen molar-refractivity contribution >= 4 is 10.0 Å². The highest BCUT2D eigenvalue weighted by Gasteiger charge is 2.33. The number of hydrogen-bond acceptors (Lipinski definition) is 4. The summed E-state index contributed by atoms with van der Waals surface area (Å²) in [6.07, 6.45) is 3.54. The summed E-state index contributed by atoms with van der Waals surface area (Å²) in [5.74, 6) is 0.943. The van der Waals surface area contributed by atoms with Gasteiger partial charge in [0.15, 0.2) is 5.03 Å². The summed E-state index contributed by atoms with van der Waals surface area (Å²) in [5, 5.41) is 9.05. The van der Waals surface area contributed by atoms with Crippen LogP contribution in [0.15, 0.2) is 11.2 Å². The molecule has 1 fully saturated rings. The Balaban J connectivity index is 2.12. The molecule has 2 heterocycles. The number of H-pyrrole nitrogens is 1. The van der Waals surface area contributed by atoms with Crippen molar-refractivity contribution in [1.82, 2.24) is 14.3 Å². The molecule has 18 heavy (non-hydrogen) atoms. The Hall–Kier alpha value is -0.920. The van der Waals surface area contributed by atoms with Crippen molar-refractivity contribution in [1.29, 1.82) is 0 Å². The van der Waals surface area contributed by atoms with E-state index in [-0.39, 0.29) is 17.6 Å². The molecule has 102 valence electrons. The Kier molecular flexibility index (Phi) is 4.04. The van der Waals surface area contributed by atoms with Crippen molar-refractivity contribution in [2.75, 3.05) is 19.7 Å². The van der Waals surface area contributed by atoms with Crippen LogP contribution in [0, 0.1) is 5.92 Å². The van der Waals surface area contributed by atoms with Crippen molar-refractivity contribution < 1.29 is 13.5 Å². The van der Waals surface area contributed by atoms with Gasteiger partial charge in [0.05, 0.1) is 6.20 Å². The predicted octanol–water partition coefficient (Wildman–Crippen LogP) is 0.365. The first kappa shape index (κ1) is 13.5. The van der Waals surface area contributed by atoms with E-state index < -0.39 is 10.0 Å². The summed E-state index contributed by atoms with van der Waals surface area (Å²) in [4.78, 5) is 6.86. The summed E-state index contributed by atoms with van der Waals surface area (Å²) in [6, 6.07) is 0. The molecule has 2 N–H and O–H groups in total. The normalized spacial score (nSPS) is 21.6. The molecule has 0 aromatic carbocycles. The minimum Gasteiger partial charge on any atom is -0.396 e. The molecule has 1 aliphatic rings. The van der Waals surface area contributed by atoms with Crippen LogP contribution in [0.25, 0.3) is 0 Å². The summed E-state index contributed by atoms with van der Waals surface area (Å²) in [7, 11) is -3.45. The number of aromatic nitrogens is 2. The van der Waals surface area contributed by atoms with Gasteiger partial charge in [-0.25, -0.2) is 13.4 Å². The summed E-state index contributed by atoms with van der Waals surface area (Å²) >= 11 is 0. The third-order valence-corrected chi connectivity index (χ3v) is 5.12. The summed E-state index contributed by atoms with van der Waals surface area (Å²) in [6.45, 7) is 3.04. The lowest BCUT2D eigenvalue weighted by Crippen LogP contribution is -2.29. The van der Waals surface area contributed by atoms with Crippen LogP contribution in [-0.4, -0.2) is 47.5 Å². The quantitative estimate of drug-likeness (QED) is 0.811. The maximum atomic E-state index is 12.3. The molecule has 1 saturated heterocycles. The third kappa shape index (κ3) is 2.57. The number of aromatic amines is 1. The number of imidazole rings is 1. The molecule has 1 unspecified atom stereocenters. The van der Waals surface area contributed by atoms with Crippen LogP contribution in [0.5, 0.6) is 0 Å². The fourth-order valence-electron chi connectivity index (χ4n) is 2.23. The van der Waals surface area contributed by atoms with E-state index in [0.29, 0.717) is 31.8 Å². The van der Waals surface area contributed by atoms with E-state index >= 15 is 0 Å². The average molecular weight is 273 g/mol. The molecule has 1 atom stereocenters. The van der Waals surface area contributed by atoms with E-state index in [0.717, 1.165) is 6.42 Å². The van der Waals surface area contributed by atoms with Gasteiger partial charge in [0.25, 0.3) is 10.0 Å². The van der Waals surface area contributed by atoms with E-state index in [1.807, 2.05) is 6.92 Å². The SMILES string of the molecule is CCc1ncc(S(=O)(=O)N2CCC(CCO)C2)[nH]1. The Morgan fingerprint density at radius 2 is 2.39 bits per heavy atom. The number of aryl methyl sites for hydroxylation is 1. The van der Waals surface area contributed by atoms with Crippen molar-refractivity contribution in [2.24, 2.45) is 5.92 Å². The smallest absolute Gasteiger partial charge is 0.260 e. The molecule has 0 saturated carbocycles. The summed E-state index contributed by atoms with van der Waals surface area (Å²) in [5.41, 5.74) is 0. The zero-order chi connectivity index (χ0) is 13.2.